The third-order valence-electron chi connectivity index (χ3n) is 7.21. The van der Waals surface area contributed by atoms with Gasteiger partial charge in [0.15, 0.2) is 6.29 Å². The molecule has 1 saturated heterocycles. The number of ether oxygens (including phenoxy) is 3. The number of carbonyl (C=O) groups is 1. The van der Waals surface area contributed by atoms with E-state index in [1.165, 1.54) is 18.5 Å². The minimum atomic E-state index is -0.0405. The Kier molecular flexibility index (Phi) is 6.41. The van der Waals surface area contributed by atoms with Crippen molar-refractivity contribution in [3.05, 3.63) is 35.8 Å². The van der Waals surface area contributed by atoms with Gasteiger partial charge in [0.25, 0.3) is 0 Å². The molecule has 0 spiro atoms. The summed E-state index contributed by atoms with van der Waals surface area (Å²) in [5.41, 5.74) is 1.80. The van der Waals surface area contributed by atoms with Crippen molar-refractivity contribution >= 4 is 6.29 Å². The van der Waals surface area contributed by atoms with E-state index in [1.54, 1.807) is 12.3 Å². The highest BCUT2D eigenvalue weighted by atomic mass is 16.5. The van der Waals surface area contributed by atoms with Gasteiger partial charge in [-0.05, 0) is 25.8 Å². The topological polar surface area (TPSA) is 78.7 Å². The van der Waals surface area contributed by atoms with Gasteiger partial charge in [-0.3, -0.25) is 14.4 Å². The SMILES string of the molecule is CC1C(Oc2cnc(OCCN3CCOCC3)cc2C=O)C2CCCCC2c2ccnn21. The molecule has 4 unspecified atom stereocenters. The van der Waals surface area contributed by atoms with Crippen LogP contribution in [0.2, 0.25) is 0 Å². The molecule has 2 aromatic heterocycles. The van der Waals surface area contributed by atoms with Gasteiger partial charge in [-0.15, -0.1) is 0 Å². The zero-order valence-corrected chi connectivity index (χ0v) is 18.7. The maximum Gasteiger partial charge on any atom is 0.214 e. The lowest BCUT2D eigenvalue weighted by Crippen LogP contribution is -2.45. The maximum absolute atomic E-state index is 11.9. The molecule has 1 saturated carbocycles. The summed E-state index contributed by atoms with van der Waals surface area (Å²) in [6.07, 6.45) is 9.08. The highest BCUT2D eigenvalue weighted by molar-refractivity contribution is 5.79. The molecule has 8 nitrogen and oxygen atoms in total. The summed E-state index contributed by atoms with van der Waals surface area (Å²) in [4.78, 5) is 18.6. The third kappa shape index (κ3) is 4.26. The van der Waals surface area contributed by atoms with Crippen LogP contribution in [-0.4, -0.2) is 71.5 Å². The molecule has 3 aliphatic rings. The van der Waals surface area contributed by atoms with Crippen LogP contribution in [0, 0.1) is 5.92 Å². The second-order valence-corrected chi connectivity index (χ2v) is 9.06. The smallest absolute Gasteiger partial charge is 0.214 e. The third-order valence-corrected chi connectivity index (χ3v) is 7.21. The molecule has 5 rings (SSSR count). The van der Waals surface area contributed by atoms with Gasteiger partial charge < -0.3 is 14.2 Å². The Hall–Kier alpha value is -2.45. The van der Waals surface area contributed by atoms with Gasteiger partial charge >= 0.3 is 0 Å². The molecule has 2 aromatic rings. The number of hydrogen-bond acceptors (Lipinski definition) is 7. The summed E-state index contributed by atoms with van der Waals surface area (Å²) in [6.45, 7) is 6.86. The number of carbonyl (C=O) groups excluding carboxylic acids is 1. The van der Waals surface area contributed by atoms with Gasteiger partial charge in [0.1, 0.15) is 18.5 Å². The second kappa shape index (κ2) is 9.58. The predicted octanol–water partition coefficient (Wildman–Crippen LogP) is 3.10. The Morgan fingerprint density at radius 3 is 2.94 bits per heavy atom. The highest BCUT2D eigenvalue weighted by Crippen LogP contribution is 2.47. The van der Waals surface area contributed by atoms with Crippen LogP contribution < -0.4 is 9.47 Å². The summed E-state index contributed by atoms with van der Waals surface area (Å²) >= 11 is 0. The summed E-state index contributed by atoms with van der Waals surface area (Å²) in [5, 5.41) is 4.57. The van der Waals surface area contributed by atoms with Crippen molar-refractivity contribution in [3.63, 3.8) is 0 Å². The molecule has 0 aromatic carbocycles. The van der Waals surface area contributed by atoms with E-state index in [1.807, 2.05) is 6.20 Å². The molecule has 2 fully saturated rings. The van der Waals surface area contributed by atoms with Crippen LogP contribution >= 0.6 is 0 Å². The first kappa shape index (κ1) is 21.4. The van der Waals surface area contributed by atoms with E-state index in [4.69, 9.17) is 14.2 Å². The Labute approximate surface area is 188 Å². The molecule has 8 heteroatoms. The van der Waals surface area contributed by atoms with Crippen molar-refractivity contribution in [3.8, 4) is 11.6 Å². The first-order chi connectivity index (χ1) is 15.7. The second-order valence-electron chi connectivity index (χ2n) is 9.06. The average molecular weight is 441 g/mol. The van der Waals surface area contributed by atoms with Crippen LogP contribution in [0.3, 0.4) is 0 Å². The zero-order chi connectivity index (χ0) is 21.9. The van der Waals surface area contributed by atoms with Crippen LogP contribution in [-0.2, 0) is 4.74 Å². The van der Waals surface area contributed by atoms with Gasteiger partial charge in [-0.2, -0.15) is 5.10 Å². The normalized spacial score (nSPS) is 27.9. The summed E-state index contributed by atoms with van der Waals surface area (Å²) < 4.78 is 19.8. The Morgan fingerprint density at radius 2 is 2.09 bits per heavy atom. The van der Waals surface area contributed by atoms with Gasteiger partial charge in [-0.25, -0.2) is 4.98 Å². The number of fused-ring (bicyclic) bond motifs is 3. The highest BCUT2D eigenvalue weighted by Gasteiger charge is 2.44. The molecule has 1 aliphatic carbocycles. The van der Waals surface area contributed by atoms with E-state index in [0.29, 0.717) is 35.6 Å². The standard InChI is InChI=1S/C24H32N4O4/c1-17-24(20-5-3-2-4-19(20)21-6-7-26-28(17)21)32-22-15-25-23(14-18(22)16-29)31-13-10-27-8-11-30-12-9-27/h6-7,14-17,19-20,24H,2-5,8-13H2,1H3. The quantitative estimate of drug-likeness (QED) is 0.612. The van der Waals surface area contributed by atoms with Crippen LogP contribution in [0.15, 0.2) is 24.5 Å². The lowest BCUT2D eigenvalue weighted by molar-refractivity contribution is 0.0251. The number of rotatable bonds is 7. The molecule has 2 aliphatic heterocycles. The zero-order valence-electron chi connectivity index (χ0n) is 18.7. The van der Waals surface area contributed by atoms with Crippen molar-refractivity contribution < 1.29 is 19.0 Å². The summed E-state index contributed by atoms with van der Waals surface area (Å²) in [6, 6.07) is 3.94. The van der Waals surface area contributed by atoms with Gasteiger partial charge in [0.2, 0.25) is 5.88 Å². The van der Waals surface area contributed by atoms with E-state index >= 15 is 0 Å². The van der Waals surface area contributed by atoms with Crippen LogP contribution in [0.5, 0.6) is 11.6 Å². The largest absolute Gasteiger partial charge is 0.486 e. The predicted molar refractivity (Wildman–Crippen MR) is 118 cm³/mol. The van der Waals surface area contributed by atoms with Crippen LogP contribution in [0.1, 0.15) is 60.6 Å². The Balaban J connectivity index is 1.28. The van der Waals surface area contributed by atoms with Crippen LogP contribution in [0.25, 0.3) is 0 Å². The summed E-state index contributed by atoms with van der Waals surface area (Å²) in [5.74, 6) is 1.86. The van der Waals surface area contributed by atoms with Crippen molar-refractivity contribution in [1.29, 1.82) is 0 Å². The minimum absolute atomic E-state index is 0.0405. The molecule has 0 N–H and O–H groups in total. The number of aromatic nitrogens is 3. The lowest BCUT2D eigenvalue weighted by Gasteiger charge is -2.44. The summed E-state index contributed by atoms with van der Waals surface area (Å²) in [7, 11) is 0. The number of nitrogens with zero attached hydrogens (tertiary/aromatic N) is 4. The number of morpholine rings is 1. The fourth-order valence-corrected chi connectivity index (χ4v) is 5.52. The first-order valence-corrected chi connectivity index (χ1v) is 11.8. The van der Waals surface area contributed by atoms with E-state index in [9.17, 15) is 4.79 Å². The molecule has 0 bridgehead atoms. The molecule has 4 heterocycles. The van der Waals surface area contributed by atoms with Crippen molar-refractivity contribution in [1.82, 2.24) is 19.7 Å². The minimum Gasteiger partial charge on any atom is -0.486 e. The number of hydrogen-bond donors (Lipinski definition) is 0. The number of aldehydes is 1. The first-order valence-electron chi connectivity index (χ1n) is 11.8. The number of pyridine rings is 1. The maximum atomic E-state index is 11.9. The van der Waals surface area contributed by atoms with E-state index in [0.717, 1.165) is 52.0 Å². The van der Waals surface area contributed by atoms with Crippen LogP contribution in [0.4, 0.5) is 0 Å². The molecule has 0 radical (unpaired) electrons. The van der Waals surface area contributed by atoms with Crippen molar-refractivity contribution in [2.75, 3.05) is 39.5 Å². The van der Waals surface area contributed by atoms with Gasteiger partial charge in [0.05, 0.1) is 31.0 Å². The van der Waals surface area contributed by atoms with E-state index in [2.05, 4.69) is 32.7 Å². The Morgan fingerprint density at radius 1 is 1.25 bits per heavy atom. The molecular weight excluding hydrogens is 408 g/mol. The van der Waals surface area contributed by atoms with Crippen molar-refractivity contribution in [2.45, 2.75) is 50.7 Å². The van der Waals surface area contributed by atoms with E-state index in [-0.39, 0.29) is 12.1 Å². The Bertz CT molecular complexity index is 926. The monoisotopic (exact) mass is 440 g/mol. The van der Waals surface area contributed by atoms with Crippen molar-refractivity contribution in [2.24, 2.45) is 5.92 Å². The fourth-order valence-electron chi connectivity index (χ4n) is 5.52. The molecule has 32 heavy (non-hydrogen) atoms. The lowest BCUT2D eigenvalue weighted by atomic mass is 9.71. The molecular formula is C24H32N4O4. The van der Waals surface area contributed by atoms with Gasteiger partial charge in [0, 0.05) is 49.4 Å². The molecule has 4 atom stereocenters. The van der Waals surface area contributed by atoms with E-state index < -0.39 is 0 Å². The fraction of sp³-hybridized carbons (Fsp3) is 0.625. The average Bonchev–Trinajstić information content (AvgIpc) is 3.33. The molecule has 0 amide bonds. The van der Waals surface area contributed by atoms with Gasteiger partial charge in [-0.1, -0.05) is 12.8 Å². The molecule has 172 valence electrons.